The SMILES string of the molecule is CC(=O)O.CC12CCCCC1=C(O)CCC2. The first-order chi connectivity index (χ1) is 7.46. The highest BCUT2D eigenvalue weighted by Crippen LogP contribution is 2.48. The minimum atomic E-state index is -0.833. The van der Waals surface area contributed by atoms with Crippen molar-refractivity contribution >= 4 is 5.97 Å². The van der Waals surface area contributed by atoms with Crippen molar-refractivity contribution in [2.45, 2.75) is 58.8 Å². The van der Waals surface area contributed by atoms with E-state index in [9.17, 15) is 5.11 Å². The largest absolute Gasteiger partial charge is 0.512 e. The third-order valence-corrected chi connectivity index (χ3v) is 3.62. The normalized spacial score (nSPS) is 28.9. The number of hydrogen-bond acceptors (Lipinski definition) is 2. The van der Waals surface area contributed by atoms with Gasteiger partial charge in [-0.1, -0.05) is 13.3 Å². The molecule has 0 radical (unpaired) electrons. The van der Waals surface area contributed by atoms with Gasteiger partial charge in [0.1, 0.15) is 0 Å². The molecule has 0 aliphatic heterocycles. The molecule has 3 heteroatoms. The molecule has 0 amide bonds. The van der Waals surface area contributed by atoms with Crippen LogP contribution in [0.25, 0.3) is 0 Å². The molecule has 92 valence electrons. The second-order valence-corrected chi connectivity index (χ2v) is 5.07. The Labute approximate surface area is 97.2 Å². The van der Waals surface area contributed by atoms with Gasteiger partial charge < -0.3 is 10.2 Å². The van der Waals surface area contributed by atoms with E-state index in [2.05, 4.69) is 6.92 Å². The molecule has 1 atom stereocenters. The highest BCUT2D eigenvalue weighted by Gasteiger charge is 2.35. The Morgan fingerprint density at radius 3 is 2.31 bits per heavy atom. The van der Waals surface area contributed by atoms with Crippen LogP contribution in [0.3, 0.4) is 0 Å². The quantitative estimate of drug-likeness (QED) is 0.662. The smallest absolute Gasteiger partial charge is 0.300 e. The summed E-state index contributed by atoms with van der Waals surface area (Å²) < 4.78 is 0. The molecule has 0 aromatic rings. The van der Waals surface area contributed by atoms with Crippen molar-refractivity contribution in [2.75, 3.05) is 0 Å². The number of hydrogen-bond donors (Lipinski definition) is 2. The molecule has 16 heavy (non-hydrogen) atoms. The van der Waals surface area contributed by atoms with Gasteiger partial charge in [-0.15, -0.1) is 0 Å². The molecule has 2 aliphatic rings. The number of carboxylic acids is 1. The highest BCUT2D eigenvalue weighted by molar-refractivity contribution is 5.62. The molecule has 2 rings (SSSR count). The Kier molecular flexibility index (Phi) is 4.39. The summed E-state index contributed by atoms with van der Waals surface area (Å²) in [7, 11) is 0. The summed E-state index contributed by atoms with van der Waals surface area (Å²) in [6, 6.07) is 0. The summed E-state index contributed by atoms with van der Waals surface area (Å²) in [6.07, 6.45) is 8.51. The van der Waals surface area contributed by atoms with Crippen LogP contribution in [-0.4, -0.2) is 16.2 Å². The van der Waals surface area contributed by atoms with Crippen molar-refractivity contribution in [3.63, 3.8) is 0 Å². The van der Waals surface area contributed by atoms with Crippen LogP contribution in [0.2, 0.25) is 0 Å². The van der Waals surface area contributed by atoms with Crippen molar-refractivity contribution in [3.8, 4) is 0 Å². The predicted octanol–water partition coefficient (Wildman–Crippen LogP) is 3.65. The van der Waals surface area contributed by atoms with Gasteiger partial charge in [0, 0.05) is 13.3 Å². The zero-order valence-electron chi connectivity index (χ0n) is 10.3. The van der Waals surface area contributed by atoms with Gasteiger partial charge in [0.15, 0.2) is 0 Å². The lowest BCUT2D eigenvalue weighted by atomic mass is 9.66. The van der Waals surface area contributed by atoms with Crippen LogP contribution in [0.1, 0.15) is 58.8 Å². The number of rotatable bonds is 0. The number of aliphatic hydroxyl groups excluding tert-OH is 1. The number of aliphatic carboxylic acids is 1. The average molecular weight is 226 g/mol. The molecule has 0 heterocycles. The Bertz CT molecular complexity index is 290. The van der Waals surface area contributed by atoms with Crippen LogP contribution in [-0.2, 0) is 4.79 Å². The Morgan fingerprint density at radius 1 is 1.19 bits per heavy atom. The first-order valence-corrected chi connectivity index (χ1v) is 6.07. The number of allylic oxidation sites excluding steroid dienone is 2. The molecular weight excluding hydrogens is 204 g/mol. The summed E-state index contributed by atoms with van der Waals surface area (Å²) in [5, 5.41) is 17.2. The van der Waals surface area contributed by atoms with Gasteiger partial charge in [-0.25, -0.2) is 0 Å². The standard InChI is InChI=1S/C11H18O.C2H4O2/c1-11-7-3-2-5-9(11)10(12)6-4-8-11;1-2(3)4/h12H,2-8H2,1H3;1H3,(H,3,4). The molecule has 0 saturated heterocycles. The van der Waals surface area contributed by atoms with E-state index in [-0.39, 0.29) is 0 Å². The Morgan fingerprint density at radius 2 is 1.75 bits per heavy atom. The molecule has 0 aromatic heterocycles. The monoisotopic (exact) mass is 226 g/mol. The van der Waals surface area contributed by atoms with Crippen LogP contribution >= 0.6 is 0 Å². The number of aliphatic hydroxyl groups is 1. The fourth-order valence-electron chi connectivity index (χ4n) is 2.84. The zero-order valence-corrected chi connectivity index (χ0v) is 10.3. The summed E-state index contributed by atoms with van der Waals surface area (Å²) in [6.45, 7) is 3.41. The molecule has 1 saturated carbocycles. The molecule has 3 nitrogen and oxygen atoms in total. The van der Waals surface area contributed by atoms with Crippen LogP contribution in [0.5, 0.6) is 0 Å². The first-order valence-electron chi connectivity index (χ1n) is 6.07. The summed E-state index contributed by atoms with van der Waals surface area (Å²) in [4.78, 5) is 9.00. The number of fused-ring (bicyclic) bond motifs is 1. The molecule has 1 fully saturated rings. The second kappa shape index (κ2) is 5.37. The van der Waals surface area contributed by atoms with Gasteiger partial charge in [0.2, 0.25) is 0 Å². The van der Waals surface area contributed by atoms with Crippen molar-refractivity contribution in [2.24, 2.45) is 5.41 Å². The van der Waals surface area contributed by atoms with E-state index in [4.69, 9.17) is 9.90 Å². The van der Waals surface area contributed by atoms with Gasteiger partial charge in [-0.05, 0) is 43.1 Å². The summed E-state index contributed by atoms with van der Waals surface area (Å²) in [5.74, 6) is -0.108. The van der Waals surface area contributed by atoms with E-state index in [1.54, 1.807) is 0 Å². The van der Waals surface area contributed by atoms with E-state index in [0.717, 1.165) is 25.5 Å². The molecular formula is C13H22O3. The van der Waals surface area contributed by atoms with Crippen LogP contribution in [0.4, 0.5) is 0 Å². The van der Waals surface area contributed by atoms with E-state index in [1.165, 1.54) is 37.7 Å². The average Bonchev–Trinajstić information content (AvgIpc) is 2.16. The van der Waals surface area contributed by atoms with E-state index >= 15 is 0 Å². The topological polar surface area (TPSA) is 57.5 Å². The van der Waals surface area contributed by atoms with Crippen LogP contribution in [0, 0.1) is 5.41 Å². The first kappa shape index (κ1) is 13.1. The number of carbonyl (C=O) groups is 1. The third-order valence-electron chi connectivity index (χ3n) is 3.62. The maximum Gasteiger partial charge on any atom is 0.300 e. The fraction of sp³-hybridized carbons (Fsp3) is 0.769. The Balaban J connectivity index is 0.000000280. The molecule has 0 spiro atoms. The molecule has 2 N–H and O–H groups in total. The lowest BCUT2D eigenvalue weighted by Gasteiger charge is -2.40. The van der Waals surface area contributed by atoms with Gasteiger partial charge in [-0.2, -0.15) is 0 Å². The number of carboxylic acid groups (broad SMARTS) is 1. The van der Waals surface area contributed by atoms with Gasteiger partial charge >= 0.3 is 0 Å². The fourth-order valence-corrected chi connectivity index (χ4v) is 2.84. The van der Waals surface area contributed by atoms with E-state index < -0.39 is 5.97 Å². The lowest BCUT2D eigenvalue weighted by molar-refractivity contribution is -0.134. The lowest BCUT2D eigenvalue weighted by Crippen LogP contribution is -2.27. The van der Waals surface area contributed by atoms with Gasteiger partial charge in [-0.3, -0.25) is 4.79 Å². The van der Waals surface area contributed by atoms with Crippen molar-refractivity contribution in [3.05, 3.63) is 11.3 Å². The predicted molar refractivity (Wildman–Crippen MR) is 63.4 cm³/mol. The van der Waals surface area contributed by atoms with Crippen molar-refractivity contribution in [1.82, 2.24) is 0 Å². The van der Waals surface area contributed by atoms with Gasteiger partial charge in [0.25, 0.3) is 5.97 Å². The van der Waals surface area contributed by atoms with Crippen LogP contribution in [0.15, 0.2) is 11.3 Å². The van der Waals surface area contributed by atoms with E-state index in [0.29, 0.717) is 5.41 Å². The molecule has 2 aliphatic carbocycles. The molecule has 1 unspecified atom stereocenters. The van der Waals surface area contributed by atoms with Crippen LogP contribution < -0.4 is 0 Å². The highest BCUT2D eigenvalue weighted by atomic mass is 16.4. The molecule has 0 aromatic carbocycles. The third kappa shape index (κ3) is 3.26. The summed E-state index contributed by atoms with van der Waals surface area (Å²) >= 11 is 0. The minimum Gasteiger partial charge on any atom is -0.512 e. The minimum absolute atomic E-state index is 0.376. The second-order valence-electron chi connectivity index (χ2n) is 5.07. The van der Waals surface area contributed by atoms with Crippen molar-refractivity contribution in [1.29, 1.82) is 0 Å². The Hall–Kier alpha value is -0.990. The van der Waals surface area contributed by atoms with Gasteiger partial charge in [0.05, 0.1) is 5.76 Å². The maximum absolute atomic E-state index is 9.75. The molecule has 0 bridgehead atoms. The summed E-state index contributed by atoms with van der Waals surface area (Å²) in [5.41, 5.74) is 1.76. The van der Waals surface area contributed by atoms with Crippen molar-refractivity contribution < 1.29 is 15.0 Å². The maximum atomic E-state index is 9.75. The zero-order chi connectivity index (χ0) is 12.2. The van der Waals surface area contributed by atoms with E-state index in [1.807, 2.05) is 0 Å².